The van der Waals surface area contributed by atoms with Crippen LogP contribution in [-0.2, 0) is 0 Å². The molecule has 1 heterocycles. The van der Waals surface area contributed by atoms with Gasteiger partial charge in [-0.1, -0.05) is 6.07 Å². The number of nitriles is 1. The van der Waals surface area contributed by atoms with Gasteiger partial charge in [0.1, 0.15) is 28.8 Å². The zero-order valence-corrected chi connectivity index (χ0v) is 17.5. The van der Waals surface area contributed by atoms with Crippen LogP contribution in [-0.4, -0.2) is 17.4 Å². The van der Waals surface area contributed by atoms with Crippen molar-refractivity contribution >= 4 is 16.9 Å². The molecule has 3 aromatic carbocycles. The molecule has 1 aromatic heterocycles. The number of aromatic nitrogens is 1. The third kappa shape index (κ3) is 4.19. The highest BCUT2D eigenvalue weighted by atomic mass is 16.5. The Hall–Kier alpha value is -4.11. The minimum Gasteiger partial charge on any atom is -0.493 e. The minimum atomic E-state index is -0.0499. The van der Waals surface area contributed by atoms with Crippen LogP contribution in [0.3, 0.4) is 0 Å². The van der Waals surface area contributed by atoms with Gasteiger partial charge in [0.15, 0.2) is 11.4 Å². The van der Waals surface area contributed by atoms with Crippen molar-refractivity contribution in [1.29, 1.82) is 5.26 Å². The molecule has 1 saturated carbocycles. The zero-order valence-electron chi connectivity index (χ0n) is 17.5. The van der Waals surface area contributed by atoms with Crippen LogP contribution in [0, 0.1) is 17.2 Å². The summed E-state index contributed by atoms with van der Waals surface area (Å²) in [5.41, 5.74) is 2.61. The van der Waals surface area contributed by atoms with Crippen LogP contribution in [0.4, 0.5) is 0 Å². The zero-order chi connectivity index (χ0) is 22.1. The van der Waals surface area contributed by atoms with Crippen LogP contribution >= 0.6 is 0 Å². The lowest BCUT2D eigenvalue weighted by atomic mass is 10.1. The van der Waals surface area contributed by atoms with E-state index in [1.54, 1.807) is 36.4 Å². The molecule has 0 N–H and O–H groups in total. The van der Waals surface area contributed by atoms with Crippen molar-refractivity contribution < 1.29 is 18.7 Å². The normalized spacial score (nSPS) is 13.0. The fourth-order valence-corrected chi connectivity index (χ4v) is 3.39. The number of carbonyl (C=O) groups excluding carboxylic acids is 1. The average Bonchev–Trinajstić information content (AvgIpc) is 3.54. The first-order valence-electron chi connectivity index (χ1n) is 10.5. The first kappa shape index (κ1) is 19.8. The standard InChI is InChI=1S/C26H20N2O4/c1-16(29)18-7-10-24-25(12-18)32-26(28-24)23-9-8-22(11-19(23)14-27)31-21-4-2-3-20(13-21)30-15-17-5-6-17/h2-4,7-13,17H,5-6,15H2,1H3. The quantitative estimate of drug-likeness (QED) is 0.331. The van der Waals surface area contributed by atoms with Crippen molar-refractivity contribution in [3.63, 3.8) is 0 Å². The van der Waals surface area contributed by atoms with E-state index in [1.807, 2.05) is 24.3 Å². The summed E-state index contributed by atoms with van der Waals surface area (Å²) < 4.78 is 17.6. The summed E-state index contributed by atoms with van der Waals surface area (Å²) in [7, 11) is 0. The van der Waals surface area contributed by atoms with Gasteiger partial charge in [0.05, 0.1) is 17.7 Å². The highest BCUT2D eigenvalue weighted by Crippen LogP contribution is 2.33. The summed E-state index contributed by atoms with van der Waals surface area (Å²) >= 11 is 0. The second-order valence-electron chi connectivity index (χ2n) is 7.91. The lowest BCUT2D eigenvalue weighted by Crippen LogP contribution is -1.98. The lowest BCUT2D eigenvalue weighted by molar-refractivity contribution is 0.101. The van der Waals surface area contributed by atoms with Crippen LogP contribution in [0.5, 0.6) is 17.2 Å². The van der Waals surface area contributed by atoms with Crippen LogP contribution in [0.25, 0.3) is 22.6 Å². The first-order valence-corrected chi connectivity index (χ1v) is 10.5. The Morgan fingerprint density at radius 1 is 1.09 bits per heavy atom. The summed E-state index contributed by atoms with van der Waals surface area (Å²) in [5, 5.41) is 9.69. The van der Waals surface area contributed by atoms with E-state index in [0.717, 1.165) is 12.4 Å². The first-order chi connectivity index (χ1) is 15.6. The van der Waals surface area contributed by atoms with Gasteiger partial charge < -0.3 is 13.9 Å². The molecule has 0 radical (unpaired) electrons. The fourth-order valence-electron chi connectivity index (χ4n) is 3.39. The maximum atomic E-state index is 11.6. The molecule has 1 fully saturated rings. The highest BCUT2D eigenvalue weighted by molar-refractivity contribution is 5.97. The third-order valence-corrected chi connectivity index (χ3v) is 5.36. The van der Waals surface area contributed by atoms with Crippen molar-refractivity contribution in [2.24, 2.45) is 5.92 Å². The molecule has 0 bridgehead atoms. The summed E-state index contributed by atoms with van der Waals surface area (Å²) in [5.74, 6) is 2.87. The van der Waals surface area contributed by atoms with E-state index in [0.29, 0.717) is 51.1 Å². The number of ketones is 1. The number of fused-ring (bicyclic) bond motifs is 1. The number of oxazole rings is 1. The van der Waals surface area contributed by atoms with Crippen LogP contribution in [0.2, 0.25) is 0 Å². The van der Waals surface area contributed by atoms with Gasteiger partial charge in [0.25, 0.3) is 0 Å². The Labute approximate surface area is 185 Å². The number of hydrogen-bond donors (Lipinski definition) is 0. The average molecular weight is 424 g/mol. The molecule has 0 amide bonds. The van der Waals surface area contributed by atoms with Gasteiger partial charge in [-0.25, -0.2) is 4.98 Å². The van der Waals surface area contributed by atoms with E-state index in [4.69, 9.17) is 13.9 Å². The minimum absolute atomic E-state index is 0.0499. The van der Waals surface area contributed by atoms with E-state index >= 15 is 0 Å². The summed E-state index contributed by atoms with van der Waals surface area (Å²) in [6, 6.07) is 19.9. The van der Waals surface area contributed by atoms with Crippen molar-refractivity contribution in [2.75, 3.05) is 6.61 Å². The van der Waals surface area contributed by atoms with Gasteiger partial charge >= 0.3 is 0 Å². The molecule has 6 heteroatoms. The molecule has 0 atom stereocenters. The van der Waals surface area contributed by atoms with Crippen LogP contribution in [0.15, 0.2) is 65.1 Å². The Kier molecular flexibility index (Phi) is 5.08. The maximum absolute atomic E-state index is 11.6. The topological polar surface area (TPSA) is 85.4 Å². The molecular formula is C26H20N2O4. The Balaban J connectivity index is 1.39. The van der Waals surface area contributed by atoms with Gasteiger partial charge in [0.2, 0.25) is 5.89 Å². The maximum Gasteiger partial charge on any atom is 0.228 e. The summed E-state index contributed by atoms with van der Waals surface area (Å²) in [4.78, 5) is 16.1. The number of ether oxygens (including phenoxy) is 2. The lowest BCUT2D eigenvalue weighted by Gasteiger charge is -2.10. The Morgan fingerprint density at radius 3 is 2.69 bits per heavy atom. The van der Waals surface area contributed by atoms with E-state index in [1.165, 1.54) is 19.8 Å². The molecule has 158 valence electrons. The molecule has 1 aliphatic carbocycles. The third-order valence-electron chi connectivity index (χ3n) is 5.36. The van der Waals surface area contributed by atoms with Crippen molar-refractivity contribution in [1.82, 2.24) is 4.98 Å². The molecular weight excluding hydrogens is 404 g/mol. The number of carbonyl (C=O) groups is 1. The van der Waals surface area contributed by atoms with Crippen LogP contribution in [0.1, 0.15) is 35.7 Å². The Bertz CT molecular complexity index is 1360. The highest BCUT2D eigenvalue weighted by Gasteiger charge is 2.22. The predicted octanol–water partition coefficient (Wildman–Crippen LogP) is 6.15. The molecule has 5 rings (SSSR count). The largest absolute Gasteiger partial charge is 0.493 e. The fraction of sp³-hybridized carbons (Fsp3) is 0.192. The van der Waals surface area contributed by atoms with Crippen molar-refractivity contribution in [3.05, 3.63) is 71.8 Å². The Morgan fingerprint density at radius 2 is 1.91 bits per heavy atom. The summed E-state index contributed by atoms with van der Waals surface area (Å²) in [6.07, 6.45) is 2.47. The van der Waals surface area contributed by atoms with E-state index in [9.17, 15) is 10.1 Å². The molecule has 32 heavy (non-hydrogen) atoms. The van der Waals surface area contributed by atoms with E-state index in [-0.39, 0.29) is 5.78 Å². The monoisotopic (exact) mass is 424 g/mol. The smallest absolute Gasteiger partial charge is 0.228 e. The number of benzene rings is 3. The van der Waals surface area contributed by atoms with Crippen molar-refractivity contribution in [2.45, 2.75) is 19.8 Å². The predicted molar refractivity (Wildman–Crippen MR) is 119 cm³/mol. The molecule has 0 saturated heterocycles. The summed E-state index contributed by atoms with van der Waals surface area (Å²) in [6.45, 7) is 2.23. The molecule has 0 unspecified atom stereocenters. The second-order valence-corrected chi connectivity index (χ2v) is 7.91. The molecule has 4 aromatic rings. The van der Waals surface area contributed by atoms with Gasteiger partial charge in [0, 0.05) is 11.6 Å². The molecule has 1 aliphatic rings. The van der Waals surface area contributed by atoms with Gasteiger partial charge in [-0.3, -0.25) is 4.79 Å². The number of rotatable bonds is 7. The molecule has 0 spiro atoms. The molecule has 6 nitrogen and oxygen atoms in total. The number of hydrogen-bond acceptors (Lipinski definition) is 6. The number of Topliss-reactive ketones (excluding diaryl/α,β-unsaturated/α-hetero) is 1. The van der Waals surface area contributed by atoms with Gasteiger partial charge in [-0.05, 0) is 74.2 Å². The van der Waals surface area contributed by atoms with Crippen LogP contribution < -0.4 is 9.47 Å². The van der Waals surface area contributed by atoms with Gasteiger partial charge in [-0.15, -0.1) is 0 Å². The van der Waals surface area contributed by atoms with Gasteiger partial charge in [-0.2, -0.15) is 5.26 Å². The van der Waals surface area contributed by atoms with E-state index < -0.39 is 0 Å². The number of nitrogens with zero attached hydrogens (tertiary/aromatic N) is 2. The van der Waals surface area contributed by atoms with E-state index in [2.05, 4.69) is 11.1 Å². The van der Waals surface area contributed by atoms with Crippen molar-refractivity contribution in [3.8, 4) is 34.8 Å². The molecule has 0 aliphatic heterocycles. The second kappa shape index (κ2) is 8.20. The SMILES string of the molecule is CC(=O)c1ccc2nc(-c3ccc(Oc4cccc(OCC5CC5)c4)cc3C#N)oc2c1.